The van der Waals surface area contributed by atoms with Crippen molar-refractivity contribution in [2.24, 2.45) is 17.8 Å². The van der Waals surface area contributed by atoms with Gasteiger partial charge in [-0.05, 0) is 71.8 Å². The highest BCUT2D eigenvalue weighted by Crippen LogP contribution is 2.63. The van der Waals surface area contributed by atoms with Gasteiger partial charge in [0.1, 0.15) is 0 Å². The molecule has 2 saturated carbocycles. The highest BCUT2D eigenvalue weighted by Gasteiger charge is 2.53. The van der Waals surface area contributed by atoms with Crippen LogP contribution in [-0.4, -0.2) is 5.97 Å². The Labute approximate surface area is 141 Å². The Morgan fingerprint density at radius 1 is 1.04 bits per heavy atom. The van der Waals surface area contributed by atoms with Gasteiger partial charge in [-0.15, -0.1) is 0 Å². The number of aromatic carboxylic acids is 1. The van der Waals surface area contributed by atoms with E-state index in [2.05, 4.69) is 35.6 Å². The molecule has 0 saturated heterocycles. The third-order valence-electron chi connectivity index (χ3n) is 6.48. The fourth-order valence-electron chi connectivity index (χ4n) is 5.60. The normalized spacial score (nSPS) is 32.8. The first-order chi connectivity index (χ1) is 11.7. The minimum absolute atomic E-state index is 0.301. The average molecular weight is 318 g/mol. The first-order valence-electron chi connectivity index (χ1n) is 8.89. The van der Waals surface area contributed by atoms with Crippen molar-refractivity contribution in [3.63, 3.8) is 0 Å². The molecular weight excluding hydrogens is 298 g/mol. The second-order valence-electron chi connectivity index (χ2n) is 7.56. The first-order valence-corrected chi connectivity index (χ1v) is 8.89. The lowest BCUT2D eigenvalue weighted by Crippen LogP contribution is -2.35. The Balaban J connectivity index is 1.64. The summed E-state index contributed by atoms with van der Waals surface area (Å²) in [4.78, 5) is 11.3. The maximum Gasteiger partial charge on any atom is 0.0715 e. The van der Waals surface area contributed by atoms with Gasteiger partial charge in [0.2, 0.25) is 0 Å². The number of carbonyl (C=O) groups is 1. The van der Waals surface area contributed by atoms with Gasteiger partial charge in [-0.3, -0.25) is 0 Å². The Morgan fingerprint density at radius 2 is 1.83 bits per heavy atom. The molecule has 2 aromatic carbocycles. The van der Waals surface area contributed by atoms with Crippen molar-refractivity contribution < 1.29 is 9.90 Å². The predicted molar refractivity (Wildman–Crippen MR) is 90.6 cm³/mol. The third-order valence-corrected chi connectivity index (χ3v) is 6.48. The van der Waals surface area contributed by atoms with Crippen molar-refractivity contribution >= 4 is 11.7 Å². The number of carboxylic acid groups (broad SMARTS) is 1. The molecule has 3 heteroatoms. The van der Waals surface area contributed by atoms with Gasteiger partial charge >= 0.3 is 0 Å². The van der Waals surface area contributed by atoms with Crippen LogP contribution in [0.3, 0.4) is 0 Å². The Kier molecular flexibility index (Phi) is 2.99. The number of anilines is 1. The van der Waals surface area contributed by atoms with Crippen LogP contribution in [-0.2, 0) is 0 Å². The summed E-state index contributed by atoms with van der Waals surface area (Å²) in [6.45, 7) is 0. The van der Waals surface area contributed by atoms with Crippen molar-refractivity contribution in [3.8, 4) is 0 Å². The summed E-state index contributed by atoms with van der Waals surface area (Å²) >= 11 is 0. The Hall–Kier alpha value is -2.29. The fraction of sp³-hybridized carbons (Fsp3) is 0.381. The van der Waals surface area contributed by atoms with E-state index in [9.17, 15) is 9.90 Å². The van der Waals surface area contributed by atoms with E-state index < -0.39 is 5.97 Å². The molecule has 5 rings (SSSR count). The maximum absolute atomic E-state index is 11.3. The molecule has 0 amide bonds. The van der Waals surface area contributed by atoms with Crippen LogP contribution >= 0.6 is 0 Å². The lowest BCUT2D eigenvalue weighted by Gasteiger charge is -2.43. The topological polar surface area (TPSA) is 52.2 Å². The molecule has 0 radical (unpaired) electrons. The molecule has 1 heterocycles. The SMILES string of the molecule is O=C([O-])c1ccc2c(c1)[C@H]1[C@H]3CC[C@H](C3)[C@H]1[C@H](c1ccccc1)N2. The minimum atomic E-state index is -1.08. The van der Waals surface area contributed by atoms with E-state index in [1.807, 2.05) is 12.1 Å². The van der Waals surface area contributed by atoms with Gasteiger partial charge in [-0.1, -0.05) is 36.4 Å². The van der Waals surface area contributed by atoms with Crippen LogP contribution in [0.1, 0.15) is 52.7 Å². The molecule has 0 unspecified atom stereocenters. The molecule has 1 aliphatic heterocycles. The third kappa shape index (κ3) is 1.94. The number of rotatable bonds is 2. The Morgan fingerprint density at radius 3 is 2.62 bits per heavy atom. The summed E-state index contributed by atoms with van der Waals surface area (Å²) in [5.74, 6) is 1.41. The summed E-state index contributed by atoms with van der Waals surface area (Å²) in [5, 5.41) is 15.0. The molecule has 2 aromatic rings. The van der Waals surface area contributed by atoms with Crippen LogP contribution in [0.25, 0.3) is 0 Å². The van der Waals surface area contributed by atoms with E-state index >= 15 is 0 Å². The number of nitrogens with one attached hydrogen (secondary N) is 1. The summed E-state index contributed by atoms with van der Waals surface area (Å²) in [5.41, 5.74) is 3.94. The monoisotopic (exact) mass is 318 g/mol. The lowest BCUT2D eigenvalue weighted by atomic mass is 9.68. The second-order valence-corrected chi connectivity index (χ2v) is 7.56. The van der Waals surface area contributed by atoms with Gasteiger partial charge in [0.25, 0.3) is 0 Å². The van der Waals surface area contributed by atoms with Crippen LogP contribution in [0, 0.1) is 17.8 Å². The molecule has 2 fully saturated rings. The average Bonchev–Trinajstić information content (AvgIpc) is 3.23. The second kappa shape index (κ2) is 5.10. The number of carbonyl (C=O) groups excluding carboxylic acids is 1. The highest BCUT2D eigenvalue weighted by atomic mass is 16.4. The number of carboxylic acids is 1. The quantitative estimate of drug-likeness (QED) is 0.924. The molecule has 2 aliphatic carbocycles. The highest BCUT2D eigenvalue weighted by molar-refractivity contribution is 5.87. The largest absolute Gasteiger partial charge is 0.545 e. The number of hydrogen-bond acceptors (Lipinski definition) is 3. The zero-order valence-electron chi connectivity index (χ0n) is 13.4. The van der Waals surface area contributed by atoms with Crippen molar-refractivity contribution in [3.05, 3.63) is 65.2 Å². The number of hydrogen-bond donors (Lipinski definition) is 1. The molecule has 5 atom stereocenters. The molecule has 3 nitrogen and oxygen atoms in total. The van der Waals surface area contributed by atoms with E-state index in [1.54, 1.807) is 6.07 Å². The summed E-state index contributed by atoms with van der Waals surface area (Å²) in [6, 6.07) is 16.5. The van der Waals surface area contributed by atoms with Crippen LogP contribution in [0.5, 0.6) is 0 Å². The van der Waals surface area contributed by atoms with Crippen molar-refractivity contribution in [1.82, 2.24) is 0 Å². The molecule has 24 heavy (non-hydrogen) atoms. The maximum atomic E-state index is 11.3. The lowest BCUT2D eigenvalue weighted by molar-refractivity contribution is -0.255. The van der Waals surface area contributed by atoms with Crippen molar-refractivity contribution in [2.45, 2.75) is 31.2 Å². The fourth-order valence-corrected chi connectivity index (χ4v) is 5.60. The summed E-state index contributed by atoms with van der Waals surface area (Å²) in [7, 11) is 0. The molecule has 122 valence electrons. The van der Waals surface area contributed by atoms with Crippen LogP contribution < -0.4 is 10.4 Å². The predicted octanol–water partition coefficient (Wildman–Crippen LogP) is 3.35. The van der Waals surface area contributed by atoms with Crippen LogP contribution in [0.2, 0.25) is 0 Å². The van der Waals surface area contributed by atoms with Crippen molar-refractivity contribution in [2.75, 3.05) is 5.32 Å². The zero-order valence-corrected chi connectivity index (χ0v) is 13.4. The molecule has 3 aliphatic rings. The zero-order chi connectivity index (χ0) is 16.3. The van der Waals surface area contributed by atoms with Gasteiger partial charge in [-0.2, -0.15) is 0 Å². The first kappa shape index (κ1) is 14.1. The summed E-state index contributed by atoms with van der Waals surface area (Å²) < 4.78 is 0. The van der Waals surface area contributed by atoms with Crippen LogP contribution in [0.4, 0.5) is 5.69 Å². The smallest absolute Gasteiger partial charge is 0.0715 e. The molecule has 0 aromatic heterocycles. The molecule has 2 bridgehead atoms. The summed E-state index contributed by atoms with van der Waals surface area (Å²) in [6.07, 6.45) is 3.88. The standard InChI is InChI=1S/C21H21NO2/c23-21(24)15-8-9-17-16(11-15)18-13-6-7-14(10-13)19(18)20(22-17)12-4-2-1-3-5-12/h1-5,8-9,11,13-14,18-20,22H,6-7,10H2,(H,23,24)/p-1/t13-,14+,18+,19+,20-/m0/s1. The molecule has 0 spiro atoms. The van der Waals surface area contributed by atoms with E-state index in [4.69, 9.17) is 0 Å². The van der Waals surface area contributed by atoms with Gasteiger partial charge in [-0.25, -0.2) is 0 Å². The van der Waals surface area contributed by atoms with Crippen LogP contribution in [0.15, 0.2) is 48.5 Å². The van der Waals surface area contributed by atoms with Gasteiger partial charge in [0, 0.05) is 5.69 Å². The number of fused-ring (bicyclic) bond motifs is 7. The van der Waals surface area contributed by atoms with Gasteiger partial charge < -0.3 is 15.2 Å². The Bertz CT molecular complexity index is 801. The van der Waals surface area contributed by atoms with E-state index in [-0.39, 0.29) is 0 Å². The number of benzene rings is 2. The van der Waals surface area contributed by atoms with E-state index in [1.165, 1.54) is 30.4 Å². The van der Waals surface area contributed by atoms with E-state index in [0.717, 1.165) is 11.6 Å². The van der Waals surface area contributed by atoms with E-state index in [0.29, 0.717) is 29.4 Å². The van der Waals surface area contributed by atoms with Crippen molar-refractivity contribution in [1.29, 1.82) is 0 Å². The van der Waals surface area contributed by atoms with Gasteiger partial charge in [0.05, 0.1) is 12.0 Å². The molecular formula is C21H20NO2-. The molecule has 1 N–H and O–H groups in total. The minimum Gasteiger partial charge on any atom is -0.545 e. The van der Waals surface area contributed by atoms with Gasteiger partial charge in [0.15, 0.2) is 0 Å².